The first-order valence-electron chi connectivity index (χ1n) is 5.63. The molecule has 1 rings (SSSR count). The number of nitrogens with two attached hydrogens (primary N) is 1. The van der Waals surface area contributed by atoms with Crippen LogP contribution in [-0.2, 0) is 6.42 Å². The van der Waals surface area contributed by atoms with E-state index in [1.807, 2.05) is 6.92 Å². The summed E-state index contributed by atoms with van der Waals surface area (Å²) in [6, 6.07) is 3.69. The van der Waals surface area contributed by atoms with E-state index in [4.69, 9.17) is 5.73 Å². The minimum absolute atomic E-state index is 0.0141. The van der Waals surface area contributed by atoms with Crippen molar-refractivity contribution in [3.05, 3.63) is 44.0 Å². The van der Waals surface area contributed by atoms with Crippen LogP contribution in [0.15, 0.2) is 18.2 Å². The van der Waals surface area contributed by atoms with Crippen molar-refractivity contribution in [2.24, 2.45) is 5.73 Å². The Balaban J connectivity index is 2.97. The molecule has 0 spiro atoms. The fraction of sp³-hybridized carbons (Fsp3) is 0.455. The molecule has 0 aromatic heterocycles. The Kier molecular flexibility index (Phi) is 4.73. The smallest absolute Gasteiger partial charge is 0.279 e. The molecule has 7 heteroatoms. The molecule has 1 aromatic rings. The van der Waals surface area contributed by atoms with Gasteiger partial charge in [-0.3, -0.25) is 20.2 Å². The predicted octanol–water partition coefficient (Wildman–Crippen LogP) is 2.17. The lowest BCUT2D eigenvalue weighted by Crippen LogP contribution is -2.19. The number of hydrogen-bond acceptors (Lipinski definition) is 5. The van der Waals surface area contributed by atoms with Gasteiger partial charge in [0.2, 0.25) is 0 Å². The van der Waals surface area contributed by atoms with Crippen molar-refractivity contribution in [2.45, 2.75) is 32.2 Å². The molecule has 0 fully saturated rings. The number of nitro benzene ring substituents is 2. The molecular weight excluding hydrogens is 238 g/mol. The van der Waals surface area contributed by atoms with Crippen molar-refractivity contribution in [2.75, 3.05) is 0 Å². The molecule has 0 radical (unpaired) electrons. The second kappa shape index (κ2) is 6.06. The quantitative estimate of drug-likeness (QED) is 0.616. The lowest BCUT2D eigenvalue weighted by molar-refractivity contribution is -0.394. The van der Waals surface area contributed by atoms with Gasteiger partial charge in [-0.15, -0.1) is 0 Å². The van der Waals surface area contributed by atoms with Crippen LogP contribution in [0.2, 0.25) is 0 Å². The fourth-order valence-electron chi connectivity index (χ4n) is 1.59. The Labute approximate surface area is 104 Å². The number of nitro groups is 2. The van der Waals surface area contributed by atoms with E-state index >= 15 is 0 Å². The van der Waals surface area contributed by atoms with Crippen LogP contribution in [0.1, 0.15) is 25.3 Å². The van der Waals surface area contributed by atoms with Gasteiger partial charge in [0, 0.05) is 17.7 Å². The lowest BCUT2D eigenvalue weighted by atomic mass is 10.0. The maximum absolute atomic E-state index is 10.9. The van der Waals surface area contributed by atoms with Crippen molar-refractivity contribution in [3.8, 4) is 0 Å². The molecule has 1 aromatic carbocycles. The summed E-state index contributed by atoms with van der Waals surface area (Å²) in [4.78, 5) is 20.2. The third-order valence-corrected chi connectivity index (χ3v) is 2.79. The molecule has 0 amide bonds. The van der Waals surface area contributed by atoms with Gasteiger partial charge < -0.3 is 5.73 Å². The van der Waals surface area contributed by atoms with E-state index in [0.29, 0.717) is 18.4 Å². The van der Waals surface area contributed by atoms with Crippen LogP contribution in [0.5, 0.6) is 0 Å². The molecule has 0 bridgehead atoms. The normalized spacial score (nSPS) is 12.1. The zero-order valence-electron chi connectivity index (χ0n) is 10.0. The highest BCUT2D eigenvalue weighted by molar-refractivity contribution is 5.49. The van der Waals surface area contributed by atoms with E-state index < -0.39 is 9.85 Å². The monoisotopic (exact) mass is 253 g/mol. The first-order valence-corrected chi connectivity index (χ1v) is 5.63. The summed E-state index contributed by atoms with van der Waals surface area (Å²) in [6.45, 7) is 1.94. The summed E-state index contributed by atoms with van der Waals surface area (Å²) in [5, 5.41) is 21.4. The summed E-state index contributed by atoms with van der Waals surface area (Å²) in [6.07, 6.45) is 1.86. The van der Waals surface area contributed by atoms with Gasteiger partial charge in [-0.1, -0.05) is 6.92 Å². The van der Waals surface area contributed by atoms with Gasteiger partial charge in [-0.25, -0.2) is 0 Å². The Morgan fingerprint density at radius 3 is 2.44 bits per heavy atom. The molecule has 98 valence electrons. The summed E-state index contributed by atoms with van der Waals surface area (Å²) >= 11 is 0. The zero-order chi connectivity index (χ0) is 13.7. The highest BCUT2D eigenvalue weighted by Crippen LogP contribution is 2.25. The number of rotatable bonds is 6. The average molecular weight is 253 g/mol. The fourth-order valence-corrected chi connectivity index (χ4v) is 1.59. The number of nitrogens with zero attached hydrogens (tertiary/aromatic N) is 2. The zero-order valence-corrected chi connectivity index (χ0v) is 10.0. The van der Waals surface area contributed by atoms with Gasteiger partial charge in [0.1, 0.15) is 0 Å². The third-order valence-electron chi connectivity index (χ3n) is 2.79. The molecule has 0 saturated carbocycles. The van der Waals surface area contributed by atoms with Gasteiger partial charge in [0.15, 0.2) is 0 Å². The van der Waals surface area contributed by atoms with Crippen LogP contribution in [-0.4, -0.2) is 15.9 Å². The maximum Gasteiger partial charge on any atom is 0.279 e. The van der Waals surface area contributed by atoms with Gasteiger partial charge in [0.25, 0.3) is 11.4 Å². The van der Waals surface area contributed by atoms with Crippen LogP contribution >= 0.6 is 0 Å². The van der Waals surface area contributed by atoms with E-state index in [-0.39, 0.29) is 17.4 Å². The first-order chi connectivity index (χ1) is 8.45. The number of benzene rings is 1. The molecule has 18 heavy (non-hydrogen) atoms. The van der Waals surface area contributed by atoms with Crippen LogP contribution in [0, 0.1) is 20.2 Å². The maximum atomic E-state index is 10.9. The highest BCUT2D eigenvalue weighted by atomic mass is 16.6. The van der Waals surface area contributed by atoms with E-state index in [0.717, 1.165) is 12.5 Å². The van der Waals surface area contributed by atoms with Crippen LogP contribution in [0.3, 0.4) is 0 Å². The van der Waals surface area contributed by atoms with Crippen molar-refractivity contribution in [1.29, 1.82) is 0 Å². The van der Waals surface area contributed by atoms with Crippen molar-refractivity contribution >= 4 is 11.4 Å². The third kappa shape index (κ3) is 3.49. The van der Waals surface area contributed by atoms with E-state index in [9.17, 15) is 20.2 Å². The molecule has 1 atom stereocenters. The van der Waals surface area contributed by atoms with E-state index in [1.54, 1.807) is 0 Å². The van der Waals surface area contributed by atoms with Gasteiger partial charge >= 0.3 is 0 Å². The standard InChI is InChI=1S/C11H15N3O4/c1-2-9(12)5-3-8-4-6-10(13(15)16)7-11(8)14(17)18/h4,6-7,9H,2-3,5,12H2,1H3. The van der Waals surface area contributed by atoms with E-state index in [2.05, 4.69) is 0 Å². The summed E-state index contributed by atoms with van der Waals surface area (Å²) in [7, 11) is 0. The van der Waals surface area contributed by atoms with Crippen molar-refractivity contribution in [3.63, 3.8) is 0 Å². The van der Waals surface area contributed by atoms with Gasteiger partial charge in [-0.2, -0.15) is 0 Å². The SMILES string of the molecule is CCC(N)CCc1ccc([N+](=O)[O-])cc1[N+](=O)[O-]. The van der Waals surface area contributed by atoms with Gasteiger partial charge in [-0.05, 0) is 25.3 Å². The average Bonchev–Trinajstić information content (AvgIpc) is 2.35. The van der Waals surface area contributed by atoms with Crippen molar-refractivity contribution < 1.29 is 9.85 Å². The Morgan fingerprint density at radius 2 is 1.94 bits per heavy atom. The predicted molar refractivity (Wildman–Crippen MR) is 66.3 cm³/mol. The molecule has 7 nitrogen and oxygen atoms in total. The minimum Gasteiger partial charge on any atom is -0.328 e. The Morgan fingerprint density at radius 1 is 1.28 bits per heavy atom. The molecular formula is C11H15N3O4. The summed E-state index contributed by atoms with van der Waals surface area (Å²) in [5.41, 5.74) is 5.74. The van der Waals surface area contributed by atoms with Crippen LogP contribution < -0.4 is 5.73 Å². The molecule has 0 heterocycles. The number of non-ortho nitro benzene ring substituents is 1. The van der Waals surface area contributed by atoms with Crippen LogP contribution in [0.25, 0.3) is 0 Å². The molecule has 0 aliphatic rings. The molecule has 2 N–H and O–H groups in total. The Hall–Kier alpha value is -2.02. The lowest BCUT2D eigenvalue weighted by Gasteiger charge is -2.08. The van der Waals surface area contributed by atoms with Crippen molar-refractivity contribution in [1.82, 2.24) is 0 Å². The van der Waals surface area contributed by atoms with E-state index in [1.165, 1.54) is 12.1 Å². The molecule has 0 aliphatic carbocycles. The molecule has 1 unspecified atom stereocenters. The van der Waals surface area contributed by atoms with Crippen LogP contribution in [0.4, 0.5) is 11.4 Å². The molecule has 0 aliphatic heterocycles. The number of hydrogen-bond donors (Lipinski definition) is 1. The molecule has 0 saturated heterocycles. The first kappa shape index (κ1) is 14.0. The largest absolute Gasteiger partial charge is 0.328 e. The highest BCUT2D eigenvalue weighted by Gasteiger charge is 2.19. The second-order valence-electron chi connectivity index (χ2n) is 4.03. The second-order valence-corrected chi connectivity index (χ2v) is 4.03. The Bertz CT molecular complexity index is 462. The summed E-state index contributed by atoms with van der Waals surface area (Å²) < 4.78 is 0. The minimum atomic E-state index is -0.644. The van der Waals surface area contributed by atoms with Gasteiger partial charge in [0.05, 0.1) is 15.9 Å². The topological polar surface area (TPSA) is 112 Å². The summed E-state index contributed by atoms with van der Waals surface area (Å²) in [5.74, 6) is 0. The number of aryl methyl sites for hydroxylation is 1.